The predicted molar refractivity (Wildman–Crippen MR) is 170 cm³/mol. The molecule has 0 aliphatic heterocycles. The molecule has 1 heterocycles. The van der Waals surface area contributed by atoms with Crippen molar-refractivity contribution in [2.75, 3.05) is 13.1 Å². The van der Waals surface area contributed by atoms with Gasteiger partial charge in [-0.1, -0.05) is 88.4 Å². The lowest BCUT2D eigenvalue weighted by atomic mass is 9.83. The van der Waals surface area contributed by atoms with Gasteiger partial charge in [-0.2, -0.15) is 0 Å². The van der Waals surface area contributed by atoms with Crippen LogP contribution in [-0.4, -0.2) is 30.3 Å². The number of alkyl halides is 1. The molecule has 0 aliphatic carbocycles. The number of hydrogen-bond donors (Lipinski definition) is 2. The molecule has 3 aromatic carbocycles. The molecule has 234 valence electrons. The maximum absolute atomic E-state index is 15.4. The molecule has 5 nitrogen and oxygen atoms in total. The van der Waals surface area contributed by atoms with Crippen LogP contribution < -0.4 is 10.6 Å². The van der Waals surface area contributed by atoms with Crippen LogP contribution in [0.4, 0.5) is 18.0 Å². The first kappa shape index (κ1) is 33.2. The Morgan fingerprint density at radius 1 is 0.955 bits per heavy atom. The molecule has 0 radical (unpaired) electrons. The van der Waals surface area contributed by atoms with Gasteiger partial charge >= 0.3 is 6.09 Å². The molecule has 0 saturated heterocycles. The third-order valence-corrected chi connectivity index (χ3v) is 8.61. The molecule has 9 heteroatoms. The van der Waals surface area contributed by atoms with Crippen LogP contribution in [-0.2, 0) is 17.8 Å². The number of aromatic nitrogens is 1. The first-order valence-corrected chi connectivity index (χ1v) is 15.7. The van der Waals surface area contributed by atoms with E-state index in [-0.39, 0.29) is 30.2 Å². The highest BCUT2D eigenvalue weighted by molar-refractivity contribution is 7.15. The summed E-state index contributed by atoms with van der Waals surface area (Å²) in [6.07, 6.45) is -0.873. The summed E-state index contributed by atoms with van der Waals surface area (Å²) >= 11 is 1.34. The van der Waals surface area contributed by atoms with Crippen LogP contribution >= 0.6 is 11.3 Å². The van der Waals surface area contributed by atoms with Crippen LogP contribution in [0.15, 0.2) is 78.9 Å². The van der Waals surface area contributed by atoms with Gasteiger partial charge in [0.15, 0.2) is 0 Å². The van der Waals surface area contributed by atoms with Gasteiger partial charge in [0.1, 0.15) is 29.4 Å². The van der Waals surface area contributed by atoms with Crippen LogP contribution in [0.25, 0.3) is 10.6 Å². The zero-order valence-electron chi connectivity index (χ0n) is 25.6. The van der Waals surface area contributed by atoms with E-state index in [0.29, 0.717) is 24.4 Å². The molecule has 0 aliphatic rings. The molecule has 0 spiro atoms. The summed E-state index contributed by atoms with van der Waals surface area (Å²) in [4.78, 5) is 18.0. The smallest absolute Gasteiger partial charge is 0.407 e. The van der Waals surface area contributed by atoms with Gasteiger partial charge in [-0.3, -0.25) is 0 Å². The molecule has 3 atom stereocenters. The number of benzene rings is 3. The molecular weight excluding hydrogens is 583 g/mol. The summed E-state index contributed by atoms with van der Waals surface area (Å²) in [5, 5.41) is 6.49. The third kappa shape index (κ3) is 9.16. The summed E-state index contributed by atoms with van der Waals surface area (Å²) in [6, 6.07) is 22.2. The van der Waals surface area contributed by atoms with Crippen molar-refractivity contribution in [1.82, 2.24) is 15.6 Å². The van der Waals surface area contributed by atoms with Crippen LogP contribution in [0.5, 0.6) is 0 Å². The number of carbonyl (C=O) groups excluding carboxylic acids is 1. The Morgan fingerprint density at radius 3 is 2.25 bits per heavy atom. The molecule has 44 heavy (non-hydrogen) atoms. The monoisotopic (exact) mass is 623 g/mol. The quantitative estimate of drug-likeness (QED) is 0.157. The van der Waals surface area contributed by atoms with E-state index < -0.39 is 29.8 Å². The predicted octanol–water partition coefficient (Wildman–Crippen LogP) is 8.65. The van der Waals surface area contributed by atoms with E-state index in [2.05, 4.69) is 31.4 Å². The Kier molecular flexibility index (Phi) is 11.6. The highest BCUT2D eigenvalue weighted by Gasteiger charge is 2.33. The van der Waals surface area contributed by atoms with E-state index >= 15 is 4.39 Å². The van der Waals surface area contributed by atoms with E-state index in [0.717, 1.165) is 33.8 Å². The van der Waals surface area contributed by atoms with Gasteiger partial charge < -0.3 is 15.4 Å². The summed E-state index contributed by atoms with van der Waals surface area (Å²) < 4.78 is 49.6. The molecule has 0 fully saturated rings. The molecule has 0 bridgehead atoms. The van der Waals surface area contributed by atoms with E-state index in [4.69, 9.17) is 9.72 Å². The van der Waals surface area contributed by atoms with Gasteiger partial charge in [0.05, 0.1) is 18.3 Å². The van der Waals surface area contributed by atoms with Gasteiger partial charge in [0.2, 0.25) is 0 Å². The molecule has 0 saturated carbocycles. The van der Waals surface area contributed by atoms with Crippen molar-refractivity contribution in [3.63, 3.8) is 0 Å². The Balaban J connectivity index is 1.50. The average Bonchev–Trinajstić information content (AvgIpc) is 3.41. The lowest BCUT2D eigenvalue weighted by Gasteiger charge is -2.33. The minimum atomic E-state index is -1.31. The zero-order chi connectivity index (χ0) is 31.7. The Labute approximate surface area is 261 Å². The minimum absolute atomic E-state index is 0.107. The largest absolute Gasteiger partial charge is 0.445 e. The summed E-state index contributed by atoms with van der Waals surface area (Å²) in [5.74, 6) is -1.48. The summed E-state index contributed by atoms with van der Waals surface area (Å²) in [7, 11) is 0. The highest BCUT2D eigenvalue weighted by Crippen LogP contribution is 2.40. The molecule has 2 N–H and O–H groups in total. The summed E-state index contributed by atoms with van der Waals surface area (Å²) in [5.41, 5.74) is 2.42. The van der Waals surface area contributed by atoms with Crippen molar-refractivity contribution in [1.29, 1.82) is 0 Å². The van der Waals surface area contributed by atoms with E-state index in [1.165, 1.54) is 17.4 Å². The number of thiazole rings is 1. The fraction of sp³-hybridized carbons (Fsp3) is 0.371. The van der Waals surface area contributed by atoms with Crippen molar-refractivity contribution < 1.29 is 22.7 Å². The SMILES string of the molecule is CC[C@@H](CN[C@@H](c1nc(-c2cc(F)ccc2F)sc1Cc1ccccc1)C(C)(C)C)[C@@H](F)CNC(=O)OCc1ccccc1. The summed E-state index contributed by atoms with van der Waals surface area (Å²) in [6.45, 7) is 8.37. The lowest BCUT2D eigenvalue weighted by molar-refractivity contribution is 0.130. The minimum Gasteiger partial charge on any atom is -0.445 e. The maximum Gasteiger partial charge on any atom is 0.407 e. The number of nitrogens with zero attached hydrogens (tertiary/aromatic N) is 1. The molecule has 1 aromatic heterocycles. The Hall–Kier alpha value is -3.69. The van der Waals surface area contributed by atoms with E-state index in [1.807, 2.05) is 67.6 Å². The van der Waals surface area contributed by atoms with Crippen molar-refractivity contribution in [3.8, 4) is 10.6 Å². The molecule has 0 unspecified atom stereocenters. The topological polar surface area (TPSA) is 63.2 Å². The average molecular weight is 624 g/mol. The van der Waals surface area contributed by atoms with Crippen LogP contribution in [0.2, 0.25) is 0 Å². The van der Waals surface area contributed by atoms with E-state index in [9.17, 15) is 13.6 Å². The van der Waals surface area contributed by atoms with Gasteiger partial charge in [-0.15, -0.1) is 11.3 Å². The second-order valence-corrected chi connectivity index (χ2v) is 13.0. The molecule has 1 amide bonds. The van der Waals surface area contributed by atoms with Crippen molar-refractivity contribution in [2.24, 2.45) is 11.3 Å². The second kappa shape index (κ2) is 15.3. The van der Waals surface area contributed by atoms with Crippen LogP contribution in [0.1, 0.15) is 61.9 Å². The van der Waals surface area contributed by atoms with Gasteiger partial charge in [0, 0.05) is 29.3 Å². The van der Waals surface area contributed by atoms with Gasteiger partial charge in [-0.25, -0.2) is 22.9 Å². The number of nitrogens with one attached hydrogen (secondary N) is 2. The van der Waals surface area contributed by atoms with Gasteiger partial charge in [-0.05, 0) is 41.2 Å². The van der Waals surface area contributed by atoms with Crippen LogP contribution in [0.3, 0.4) is 0 Å². The second-order valence-electron chi connectivity index (χ2n) is 11.9. The van der Waals surface area contributed by atoms with Crippen LogP contribution in [0, 0.1) is 23.0 Å². The number of rotatable bonds is 13. The first-order valence-electron chi connectivity index (χ1n) is 14.9. The number of ether oxygens (including phenoxy) is 1. The first-order chi connectivity index (χ1) is 21.0. The Bertz CT molecular complexity index is 1490. The number of carbonyl (C=O) groups is 1. The highest BCUT2D eigenvalue weighted by atomic mass is 32.1. The third-order valence-electron chi connectivity index (χ3n) is 7.51. The molecular formula is C35H40F3N3O2S. The number of alkyl carbamates (subject to hydrolysis) is 1. The fourth-order valence-electron chi connectivity index (χ4n) is 5.01. The van der Waals surface area contributed by atoms with Gasteiger partial charge in [0.25, 0.3) is 0 Å². The van der Waals surface area contributed by atoms with Crippen molar-refractivity contribution >= 4 is 17.4 Å². The number of hydrogen-bond acceptors (Lipinski definition) is 5. The maximum atomic E-state index is 15.4. The number of amides is 1. The van der Waals surface area contributed by atoms with E-state index in [1.54, 1.807) is 0 Å². The van der Waals surface area contributed by atoms with Crippen molar-refractivity contribution in [2.45, 2.75) is 59.4 Å². The normalized spacial score (nSPS) is 13.7. The molecule has 4 aromatic rings. The Morgan fingerprint density at radius 2 is 1.61 bits per heavy atom. The van der Waals surface area contributed by atoms with Crippen molar-refractivity contribution in [3.05, 3.63) is 112 Å². The number of halogens is 3. The fourth-order valence-corrected chi connectivity index (χ4v) is 6.16. The molecule has 4 rings (SSSR count). The lowest BCUT2D eigenvalue weighted by Crippen LogP contribution is -2.41. The standard InChI is InChI=1S/C35H40F3N3O2S/c1-5-25(29(38)21-40-34(42)43-22-24-14-10-7-11-15-24)20-39-32(35(2,3)4)31-30(18-23-12-8-6-9-13-23)44-33(41-31)27-19-26(36)16-17-28(27)37/h6-17,19,25,29,32,39H,5,18,20-22H2,1-4H3,(H,40,42)/t25-,29-,32-/m0/s1. The zero-order valence-corrected chi connectivity index (χ0v) is 26.4.